The summed E-state index contributed by atoms with van der Waals surface area (Å²) in [5.41, 5.74) is 1.66. The zero-order valence-electron chi connectivity index (χ0n) is 15.2. The largest absolute Gasteiger partial charge is 0.332 e. The molecule has 144 valence electrons. The number of thiophene rings is 1. The van der Waals surface area contributed by atoms with E-state index in [0.29, 0.717) is 20.6 Å². The van der Waals surface area contributed by atoms with Gasteiger partial charge in [-0.05, 0) is 49.4 Å². The third-order valence-corrected chi connectivity index (χ3v) is 6.52. The Bertz CT molecular complexity index is 805. The number of hydrogen-bond donors (Lipinski definition) is 1. The first-order chi connectivity index (χ1) is 13.0. The van der Waals surface area contributed by atoms with Gasteiger partial charge in [-0.2, -0.15) is 0 Å². The minimum Gasteiger partial charge on any atom is -0.332 e. The molecule has 1 aliphatic carbocycles. The molecule has 0 saturated carbocycles. The van der Waals surface area contributed by atoms with Crippen LogP contribution in [0.3, 0.4) is 0 Å². The number of benzene rings is 1. The molecule has 2 amide bonds. The van der Waals surface area contributed by atoms with Crippen molar-refractivity contribution in [3.05, 3.63) is 49.6 Å². The summed E-state index contributed by atoms with van der Waals surface area (Å²) in [5.74, 6) is -0.470. The summed E-state index contributed by atoms with van der Waals surface area (Å²) < 4.78 is 0. The summed E-state index contributed by atoms with van der Waals surface area (Å²) in [7, 11) is 1.63. The Kier molecular flexibility index (Phi) is 6.79. The van der Waals surface area contributed by atoms with Crippen molar-refractivity contribution in [2.24, 2.45) is 0 Å². The molecule has 0 spiro atoms. The molecule has 0 atom stereocenters. The van der Waals surface area contributed by atoms with Gasteiger partial charge in [0.1, 0.15) is 0 Å². The SMILES string of the molecule is CN(CC(=O)Nc1c(Cl)cccc1Cl)C(=O)c1cc2c(s1)CCCCCC2. The Morgan fingerprint density at radius 3 is 2.48 bits per heavy atom. The van der Waals surface area contributed by atoms with Crippen LogP contribution in [0.15, 0.2) is 24.3 Å². The van der Waals surface area contributed by atoms with Gasteiger partial charge in [0, 0.05) is 11.9 Å². The van der Waals surface area contributed by atoms with E-state index >= 15 is 0 Å². The summed E-state index contributed by atoms with van der Waals surface area (Å²) in [5, 5.41) is 3.42. The number of halogens is 2. The molecule has 0 unspecified atom stereocenters. The Hall–Kier alpha value is -1.56. The first-order valence-electron chi connectivity index (χ1n) is 9.06. The number of rotatable bonds is 4. The highest BCUT2D eigenvalue weighted by molar-refractivity contribution is 7.14. The number of fused-ring (bicyclic) bond motifs is 1. The van der Waals surface area contributed by atoms with Crippen LogP contribution in [-0.2, 0) is 17.6 Å². The molecule has 0 aliphatic heterocycles. The van der Waals surface area contributed by atoms with Crippen LogP contribution >= 0.6 is 34.5 Å². The van der Waals surface area contributed by atoms with Crippen LogP contribution < -0.4 is 5.32 Å². The van der Waals surface area contributed by atoms with Gasteiger partial charge >= 0.3 is 0 Å². The number of amides is 2. The van der Waals surface area contributed by atoms with Crippen LogP contribution in [0.4, 0.5) is 5.69 Å². The summed E-state index contributed by atoms with van der Waals surface area (Å²) in [4.78, 5) is 28.5. The Morgan fingerprint density at radius 2 is 1.78 bits per heavy atom. The summed E-state index contributed by atoms with van der Waals surface area (Å²) in [6.45, 7) is -0.0665. The normalized spacial score (nSPS) is 14.0. The third-order valence-electron chi connectivity index (χ3n) is 4.66. The quantitative estimate of drug-likeness (QED) is 0.711. The zero-order valence-corrected chi connectivity index (χ0v) is 17.5. The standard InChI is InChI=1S/C20H22Cl2N2O2S/c1-24(12-18(25)23-19-14(21)8-6-9-15(19)22)20(26)17-11-13-7-4-2-3-5-10-16(13)27-17/h6,8-9,11H,2-5,7,10,12H2,1H3,(H,23,25). The lowest BCUT2D eigenvalue weighted by molar-refractivity contribution is -0.116. The van der Waals surface area contributed by atoms with Gasteiger partial charge in [0.05, 0.1) is 27.2 Å². The molecule has 1 aromatic carbocycles. The lowest BCUT2D eigenvalue weighted by atomic mass is 10.00. The van der Waals surface area contributed by atoms with Gasteiger partial charge in [0.2, 0.25) is 5.91 Å². The van der Waals surface area contributed by atoms with Crippen LogP contribution in [-0.4, -0.2) is 30.3 Å². The molecule has 4 nitrogen and oxygen atoms in total. The van der Waals surface area contributed by atoms with E-state index in [4.69, 9.17) is 23.2 Å². The van der Waals surface area contributed by atoms with E-state index in [1.807, 2.05) is 6.07 Å². The number of carbonyl (C=O) groups is 2. The van der Waals surface area contributed by atoms with E-state index in [1.165, 1.54) is 41.0 Å². The maximum atomic E-state index is 12.8. The molecule has 3 rings (SSSR count). The minimum absolute atomic E-state index is 0.0665. The van der Waals surface area contributed by atoms with E-state index in [2.05, 4.69) is 5.32 Å². The molecule has 1 aliphatic rings. The van der Waals surface area contributed by atoms with E-state index in [-0.39, 0.29) is 18.4 Å². The predicted molar refractivity (Wildman–Crippen MR) is 112 cm³/mol. The number of aryl methyl sites for hydroxylation is 2. The fraction of sp³-hybridized carbons (Fsp3) is 0.400. The molecule has 0 fully saturated rings. The van der Waals surface area contributed by atoms with Crippen LogP contribution in [0, 0.1) is 0 Å². The van der Waals surface area contributed by atoms with Gasteiger partial charge in [-0.15, -0.1) is 11.3 Å². The molecule has 0 radical (unpaired) electrons. The number of anilines is 1. The monoisotopic (exact) mass is 424 g/mol. The molecule has 27 heavy (non-hydrogen) atoms. The highest BCUT2D eigenvalue weighted by atomic mass is 35.5. The molecule has 1 heterocycles. The Balaban J connectivity index is 1.65. The van der Waals surface area contributed by atoms with Crippen LogP contribution in [0.5, 0.6) is 0 Å². The van der Waals surface area contributed by atoms with Crippen molar-refractivity contribution in [1.29, 1.82) is 0 Å². The van der Waals surface area contributed by atoms with E-state index in [0.717, 1.165) is 12.8 Å². The molecular formula is C20H22Cl2N2O2S. The minimum atomic E-state index is -0.337. The molecular weight excluding hydrogens is 403 g/mol. The highest BCUT2D eigenvalue weighted by Gasteiger charge is 2.21. The van der Waals surface area contributed by atoms with Gasteiger partial charge in [-0.3, -0.25) is 9.59 Å². The van der Waals surface area contributed by atoms with Crippen LogP contribution in [0.25, 0.3) is 0 Å². The smallest absolute Gasteiger partial charge is 0.264 e. The maximum absolute atomic E-state index is 12.8. The first kappa shape index (κ1) is 20.2. The van der Waals surface area contributed by atoms with Gasteiger partial charge < -0.3 is 10.2 Å². The second-order valence-electron chi connectivity index (χ2n) is 6.78. The Labute approximate surface area is 173 Å². The molecule has 1 N–H and O–H groups in total. The second-order valence-corrected chi connectivity index (χ2v) is 8.73. The number of para-hydroxylation sites is 1. The second kappa shape index (κ2) is 9.09. The molecule has 0 saturated heterocycles. The predicted octanol–water partition coefficient (Wildman–Crippen LogP) is 5.42. The maximum Gasteiger partial charge on any atom is 0.264 e. The van der Waals surface area contributed by atoms with Crippen molar-refractivity contribution in [2.75, 3.05) is 18.9 Å². The summed E-state index contributed by atoms with van der Waals surface area (Å²) in [6.07, 6.45) is 6.94. The molecule has 1 aromatic heterocycles. The van der Waals surface area contributed by atoms with E-state index in [9.17, 15) is 9.59 Å². The van der Waals surface area contributed by atoms with Crippen molar-refractivity contribution in [3.63, 3.8) is 0 Å². The number of carbonyl (C=O) groups excluding carboxylic acids is 2. The van der Waals surface area contributed by atoms with Crippen molar-refractivity contribution in [1.82, 2.24) is 4.90 Å². The van der Waals surface area contributed by atoms with Gasteiger partial charge in [-0.1, -0.05) is 42.1 Å². The van der Waals surface area contributed by atoms with Gasteiger partial charge in [-0.25, -0.2) is 0 Å². The number of likely N-dealkylation sites (N-methyl/N-ethyl adjacent to an activating group) is 1. The average molecular weight is 425 g/mol. The van der Waals surface area contributed by atoms with Crippen molar-refractivity contribution < 1.29 is 9.59 Å². The third kappa shape index (κ3) is 5.03. The van der Waals surface area contributed by atoms with Crippen LogP contribution in [0.2, 0.25) is 10.0 Å². The summed E-state index contributed by atoms with van der Waals surface area (Å²) >= 11 is 13.7. The van der Waals surface area contributed by atoms with Crippen molar-refractivity contribution >= 4 is 52.0 Å². The number of nitrogens with zero attached hydrogens (tertiary/aromatic N) is 1. The Morgan fingerprint density at radius 1 is 1.11 bits per heavy atom. The fourth-order valence-corrected chi connectivity index (χ4v) is 4.96. The van der Waals surface area contributed by atoms with Crippen molar-refractivity contribution in [2.45, 2.75) is 38.5 Å². The zero-order chi connectivity index (χ0) is 19.4. The number of hydrogen-bond acceptors (Lipinski definition) is 3. The first-order valence-corrected chi connectivity index (χ1v) is 10.6. The lowest BCUT2D eigenvalue weighted by Gasteiger charge is -2.16. The number of nitrogens with one attached hydrogen (secondary N) is 1. The van der Waals surface area contributed by atoms with Gasteiger partial charge in [0.15, 0.2) is 0 Å². The van der Waals surface area contributed by atoms with E-state index < -0.39 is 0 Å². The van der Waals surface area contributed by atoms with Crippen molar-refractivity contribution in [3.8, 4) is 0 Å². The van der Waals surface area contributed by atoms with Gasteiger partial charge in [0.25, 0.3) is 5.91 Å². The van der Waals surface area contributed by atoms with Crippen LogP contribution in [0.1, 0.15) is 45.8 Å². The van der Waals surface area contributed by atoms with E-state index in [1.54, 1.807) is 36.6 Å². The lowest BCUT2D eigenvalue weighted by Crippen LogP contribution is -2.34. The summed E-state index contributed by atoms with van der Waals surface area (Å²) in [6, 6.07) is 7.02. The average Bonchev–Trinajstić information content (AvgIpc) is 2.99. The fourth-order valence-electron chi connectivity index (χ4n) is 3.22. The molecule has 2 aromatic rings. The molecule has 0 bridgehead atoms. The highest BCUT2D eigenvalue weighted by Crippen LogP contribution is 2.30. The topological polar surface area (TPSA) is 49.4 Å². The molecule has 7 heteroatoms.